The average molecular weight is 334 g/mol. The normalized spacial score (nSPS) is 24.4. The Morgan fingerprint density at radius 2 is 1.96 bits per heavy atom. The fourth-order valence-corrected chi connectivity index (χ4v) is 2.86. The van der Waals surface area contributed by atoms with E-state index in [1.165, 1.54) is 13.2 Å². The summed E-state index contributed by atoms with van der Waals surface area (Å²) in [6, 6.07) is 3.12. The molecule has 0 amide bonds. The topological polar surface area (TPSA) is 76.0 Å². The smallest absolute Gasteiger partial charge is 0.342 e. The number of phenols is 1. The molecule has 5 nitrogen and oxygen atoms in total. The maximum atomic E-state index is 12.5. The van der Waals surface area contributed by atoms with Crippen LogP contribution in [-0.4, -0.2) is 35.5 Å². The second-order valence-corrected chi connectivity index (χ2v) is 6.24. The first-order valence-corrected chi connectivity index (χ1v) is 8.48. The van der Waals surface area contributed by atoms with E-state index < -0.39 is 5.97 Å². The van der Waals surface area contributed by atoms with Gasteiger partial charge < -0.3 is 19.7 Å². The van der Waals surface area contributed by atoms with Gasteiger partial charge in [0.1, 0.15) is 17.1 Å². The molecule has 0 aromatic heterocycles. The van der Waals surface area contributed by atoms with E-state index in [0.717, 1.165) is 25.7 Å². The zero-order valence-corrected chi connectivity index (χ0v) is 14.3. The molecule has 0 bridgehead atoms. The minimum atomic E-state index is -0.542. The molecule has 0 saturated heterocycles. The molecule has 0 radical (unpaired) electrons. The van der Waals surface area contributed by atoms with Crippen molar-refractivity contribution in [3.63, 3.8) is 0 Å². The molecular formula is C19H26O5. The van der Waals surface area contributed by atoms with E-state index in [4.69, 9.17) is 9.47 Å². The number of benzene rings is 1. The highest BCUT2D eigenvalue weighted by Gasteiger charge is 2.21. The fourth-order valence-electron chi connectivity index (χ4n) is 2.86. The van der Waals surface area contributed by atoms with Crippen molar-refractivity contribution in [2.45, 2.75) is 57.7 Å². The molecule has 0 unspecified atom stereocenters. The Kier molecular flexibility index (Phi) is 6.67. The molecule has 2 rings (SSSR count). The van der Waals surface area contributed by atoms with Crippen molar-refractivity contribution in [2.24, 2.45) is 0 Å². The number of carbonyl (C=O) groups is 1. The lowest BCUT2D eigenvalue weighted by molar-refractivity contribution is 0.0307. The number of esters is 1. The van der Waals surface area contributed by atoms with Gasteiger partial charge in [0.15, 0.2) is 0 Å². The zero-order chi connectivity index (χ0) is 17.5. The number of aliphatic hydroxyl groups excluding tert-OH is 1. The van der Waals surface area contributed by atoms with Gasteiger partial charge in [-0.25, -0.2) is 4.79 Å². The number of hydrogen-bond donors (Lipinski definition) is 2. The van der Waals surface area contributed by atoms with Crippen LogP contribution in [0, 0.1) is 0 Å². The first-order chi connectivity index (χ1) is 11.5. The molecular weight excluding hydrogens is 308 g/mol. The van der Waals surface area contributed by atoms with Crippen molar-refractivity contribution in [3.05, 3.63) is 29.3 Å². The Morgan fingerprint density at radius 1 is 1.21 bits per heavy atom. The number of hydrogen-bond acceptors (Lipinski definition) is 5. The number of allylic oxidation sites excluding steroid dienone is 1. The Bertz CT molecular complexity index is 594. The Morgan fingerprint density at radius 3 is 2.71 bits per heavy atom. The van der Waals surface area contributed by atoms with E-state index in [-0.39, 0.29) is 23.5 Å². The summed E-state index contributed by atoms with van der Waals surface area (Å²) in [4.78, 5) is 12.5. The number of rotatable bonds is 1. The van der Waals surface area contributed by atoms with Gasteiger partial charge in [-0.15, -0.1) is 0 Å². The summed E-state index contributed by atoms with van der Waals surface area (Å²) in [5.41, 5.74) is 0.734. The third-order valence-electron chi connectivity index (χ3n) is 4.22. The van der Waals surface area contributed by atoms with Crippen LogP contribution in [0.1, 0.15) is 61.4 Å². The number of aromatic hydroxyl groups is 1. The number of carbonyl (C=O) groups excluding carboxylic acids is 1. The maximum Gasteiger partial charge on any atom is 0.342 e. The van der Waals surface area contributed by atoms with Gasteiger partial charge in [-0.3, -0.25) is 0 Å². The van der Waals surface area contributed by atoms with E-state index in [9.17, 15) is 15.0 Å². The molecule has 0 aliphatic carbocycles. The van der Waals surface area contributed by atoms with Crippen molar-refractivity contribution in [3.8, 4) is 11.5 Å². The Balaban J connectivity index is 2.32. The number of cyclic esters (lactones) is 1. The van der Waals surface area contributed by atoms with Gasteiger partial charge in [-0.2, -0.15) is 0 Å². The average Bonchev–Trinajstić information content (AvgIpc) is 2.53. The van der Waals surface area contributed by atoms with E-state index in [1.807, 2.05) is 13.0 Å². The van der Waals surface area contributed by atoms with Gasteiger partial charge in [-0.05, 0) is 57.1 Å². The van der Waals surface area contributed by atoms with Crippen LogP contribution in [0.4, 0.5) is 0 Å². The van der Waals surface area contributed by atoms with Crippen LogP contribution in [0.5, 0.6) is 11.5 Å². The van der Waals surface area contributed by atoms with Gasteiger partial charge in [0.2, 0.25) is 0 Å². The summed E-state index contributed by atoms with van der Waals surface area (Å²) in [6.07, 6.45) is 7.78. The molecule has 1 aromatic carbocycles. The van der Waals surface area contributed by atoms with E-state index in [1.54, 1.807) is 12.1 Å². The van der Waals surface area contributed by atoms with Crippen LogP contribution in [0.15, 0.2) is 18.2 Å². The zero-order valence-electron chi connectivity index (χ0n) is 14.3. The molecule has 5 heteroatoms. The standard InChI is InChI=1S/C19H26O5/c1-13-7-6-10-15(20)9-5-3-4-8-14-11-16(23-2)12-17(21)18(14)19(22)24-13/h4,8,11-13,15,20-21H,3,5-7,9-10H2,1-2H3/b8-4+/t13-,15-/m0/s1. The summed E-state index contributed by atoms with van der Waals surface area (Å²) in [6.45, 7) is 1.83. The highest BCUT2D eigenvalue weighted by molar-refractivity contribution is 5.97. The van der Waals surface area contributed by atoms with Crippen LogP contribution in [0.3, 0.4) is 0 Å². The molecule has 1 aromatic rings. The van der Waals surface area contributed by atoms with E-state index in [2.05, 4.69) is 0 Å². The van der Waals surface area contributed by atoms with Gasteiger partial charge >= 0.3 is 5.97 Å². The minimum absolute atomic E-state index is 0.145. The van der Waals surface area contributed by atoms with Gasteiger partial charge in [0.25, 0.3) is 0 Å². The van der Waals surface area contributed by atoms with E-state index in [0.29, 0.717) is 24.2 Å². The highest BCUT2D eigenvalue weighted by atomic mass is 16.5. The van der Waals surface area contributed by atoms with Crippen molar-refractivity contribution >= 4 is 12.0 Å². The Hall–Kier alpha value is -2.01. The molecule has 0 saturated carbocycles. The summed E-state index contributed by atoms with van der Waals surface area (Å²) in [5, 5.41) is 20.2. The second-order valence-electron chi connectivity index (χ2n) is 6.24. The van der Waals surface area contributed by atoms with Gasteiger partial charge in [0.05, 0.1) is 19.3 Å². The molecule has 1 heterocycles. The lowest BCUT2D eigenvalue weighted by Crippen LogP contribution is -2.17. The van der Waals surface area contributed by atoms with Crippen LogP contribution in [0.2, 0.25) is 0 Å². The number of fused-ring (bicyclic) bond motifs is 1. The summed E-state index contributed by atoms with van der Waals surface area (Å²) in [5.74, 6) is -0.207. The second kappa shape index (κ2) is 8.73. The lowest BCUT2D eigenvalue weighted by Gasteiger charge is -2.17. The van der Waals surface area contributed by atoms with Gasteiger partial charge in [-0.1, -0.05) is 12.2 Å². The number of ether oxygens (including phenoxy) is 2. The first-order valence-electron chi connectivity index (χ1n) is 8.48. The molecule has 1 aliphatic heterocycles. The molecule has 2 atom stereocenters. The number of aliphatic hydroxyl groups is 1. The van der Waals surface area contributed by atoms with Crippen LogP contribution in [-0.2, 0) is 4.74 Å². The fraction of sp³-hybridized carbons (Fsp3) is 0.526. The molecule has 0 spiro atoms. The first kappa shape index (κ1) is 18.3. The quantitative estimate of drug-likeness (QED) is 0.766. The van der Waals surface area contributed by atoms with E-state index >= 15 is 0 Å². The third kappa shape index (κ3) is 4.99. The molecule has 0 fully saturated rings. The predicted molar refractivity (Wildman–Crippen MR) is 92.3 cm³/mol. The van der Waals surface area contributed by atoms with Crippen LogP contribution < -0.4 is 4.74 Å². The maximum absolute atomic E-state index is 12.5. The Labute approximate surface area is 142 Å². The molecule has 132 valence electrons. The van der Waals surface area contributed by atoms with Gasteiger partial charge in [0, 0.05) is 6.07 Å². The van der Waals surface area contributed by atoms with Crippen molar-refractivity contribution in [1.82, 2.24) is 0 Å². The highest BCUT2D eigenvalue weighted by Crippen LogP contribution is 2.30. The van der Waals surface area contributed by atoms with Crippen molar-refractivity contribution < 1.29 is 24.5 Å². The molecule has 2 N–H and O–H groups in total. The molecule has 1 aliphatic rings. The molecule has 24 heavy (non-hydrogen) atoms. The SMILES string of the molecule is COc1cc(O)c2c(c1)/C=C/CCC[C@H](O)CCC[C@H](C)OC2=O. The third-order valence-corrected chi connectivity index (χ3v) is 4.22. The van der Waals surface area contributed by atoms with Crippen molar-refractivity contribution in [1.29, 1.82) is 0 Å². The van der Waals surface area contributed by atoms with Crippen molar-refractivity contribution in [2.75, 3.05) is 7.11 Å². The largest absolute Gasteiger partial charge is 0.507 e. The lowest BCUT2D eigenvalue weighted by atomic mass is 10.0. The number of methoxy groups -OCH3 is 1. The summed E-state index contributed by atoms with van der Waals surface area (Å²) in [7, 11) is 1.51. The van der Waals surface area contributed by atoms with Crippen LogP contribution >= 0.6 is 0 Å². The summed E-state index contributed by atoms with van der Waals surface area (Å²) >= 11 is 0. The van der Waals surface area contributed by atoms with Crippen LogP contribution in [0.25, 0.3) is 6.08 Å². The summed E-state index contributed by atoms with van der Waals surface area (Å²) < 4.78 is 10.6. The minimum Gasteiger partial charge on any atom is -0.507 e. The number of phenolic OH excluding ortho intramolecular Hbond substituents is 1. The monoisotopic (exact) mass is 334 g/mol. The predicted octanol–water partition coefficient (Wildman–Crippen LogP) is 3.67.